The van der Waals surface area contributed by atoms with Crippen molar-refractivity contribution in [1.29, 1.82) is 5.26 Å². The van der Waals surface area contributed by atoms with Crippen molar-refractivity contribution in [1.82, 2.24) is 0 Å². The van der Waals surface area contributed by atoms with Crippen molar-refractivity contribution in [2.24, 2.45) is 0 Å². The van der Waals surface area contributed by atoms with Gasteiger partial charge in [0.2, 0.25) is 0 Å². The molecule has 1 nitrogen and oxygen atoms in total. The van der Waals surface area contributed by atoms with Gasteiger partial charge >= 0.3 is 0 Å². The smallest absolute Gasteiger partial charge is 0.0994 e. The van der Waals surface area contributed by atoms with Crippen LogP contribution < -0.4 is 0 Å². The summed E-state index contributed by atoms with van der Waals surface area (Å²) in [6.07, 6.45) is 1.87. The summed E-state index contributed by atoms with van der Waals surface area (Å²) >= 11 is 1.77. The average Bonchev–Trinajstić information content (AvgIpc) is 2.19. The zero-order valence-corrected chi connectivity index (χ0v) is 8.18. The third kappa shape index (κ3) is 2.96. The van der Waals surface area contributed by atoms with Crippen LogP contribution in [0.2, 0.25) is 0 Å². The first-order valence-corrected chi connectivity index (χ1v) is 5.20. The van der Waals surface area contributed by atoms with E-state index in [-0.39, 0.29) is 0 Å². The van der Waals surface area contributed by atoms with Crippen LogP contribution in [0, 0.1) is 11.3 Å². The molecule has 0 aliphatic carbocycles. The lowest BCUT2D eigenvalue weighted by Gasteiger charge is -2.01. The van der Waals surface area contributed by atoms with E-state index in [1.807, 2.05) is 30.3 Å². The Morgan fingerprint density at radius 3 is 2.92 bits per heavy atom. The molecule has 0 aliphatic rings. The standard InChI is InChI=1S/C11H11NS/c1-2-7-13-9-11-6-4-3-5-10(11)8-12/h2-6H,1,7,9H2. The van der Waals surface area contributed by atoms with Gasteiger partial charge < -0.3 is 0 Å². The Hall–Kier alpha value is -1.20. The molecule has 0 atom stereocenters. The summed E-state index contributed by atoms with van der Waals surface area (Å²) in [5.41, 5.74) is 1.89. The molecule has 0 N–H and O–H groups in total. The maximum absolute atomic E-state index is 8.80. The molecule has 0 bridgehead atoms. The normalized spacial score (nSPS) is 9.15. The SMILES string of the molecule is C=CCSCc1ccccc1C#N. The van der Waals surface area contributed by atoms with Crippen LogP contribution in [0.5, 0.6) is 0 Å². The van der Waals surface area contributed by atoms with Crippen molar-refractivity contribution < 1.29 is 0 Å². The molecule has 1 rings (SSSR count). The van der Waals surface area contributed by atoms with Gasteiger partial charge in [0.05, 0.1) is 11.6 Å². The van der Waals surface area contributed by atoms with Gasteiger partial charge in [-0.3, -0.25) is 0 Å². The summed E-state index contributed by atoms with van der Waals surface area (Å²) in [6, 6.07) is 9.88. The zero-order chi connectivity index (χ0) is 9.52. The molecule has 0 aliphatic heterocycles. The van der Waals surface area contributed by atoms with Gasteiger partial charge in [-0.25, -0.2) is 0 Å². The minimum atomic E-state index is 0.777. The lowest BCUT2D eigenvalue weighted by Crippen LogP contribution is -1.86. The maximum Gasteiger partial charge on any atom is 0.0994 e. The monoisotopic (exact) mass is 189 g/mol. The maximum atomic E-state index is 8.80. The second kappa shape index (κ2) is 5.45. The molecule has 2 heteroatoms. The van der Waals surface area contributed by atoms with Gasteiger partial charge in [-0.15, -0.1) is 6.58 Å². The van der Waals surface area contributed by atoms with Crippen molar-refractivity contribution in [2.45, 2.75) is 5.75 Å². The fourth-order valence-electron chi connectivity index (χ4n) is 1.01. The van der Waals surface area contributed by atoms with Crippen LogP contribution in [-0.4, -0.2) is 5.75 Å². The summed E-state index contributed by atoms with van der Waals surface area (Å²) in [6.45, 7) is 3.65. The predicted molar refractivity (Wildman–Crippen MR) is 57.5 cm³/mol. The molecule has 0 radical (unpaired) electrons. The number of nitrogens with zero attached hydrogens (tertiary/aromatic N) is 1. The van der Waals surface area contributed by atoms with Crippen LogP contribution in [0.25, 0.3) is 0 Å². The van der Waals surface area contributed by atoms with E-state index in [2.05, 4.69) is 12.6 Å². The molecular formula is C11H11NS. The molecule has 13 heavy (non-hydrogen) atoms. The largest absolute Gasteiger partial charge is 0.192 e. The van der Waals surface area contributed by atoms with E-state index < -0.39 is 0 Å². The van der Waals surface area contributed by atoms with Crippen molar-refractivity contribution >= 4 is 11.8 Å². The Morgan fingerprint density at radius 2 is 2.23 bits per heavy atom. The number of rotatable bonds is 4. The lowest BCUT2D eigenvalue weighted by atomic mass is 10.1. The van der Waals surface area contributed by atoms with Gasteiger partial charge in [0.25, 0.3) is 0 Å². The molecule has 1 aromatic carbocycles. The van der Waals surface area contributed by atoms with Crippen LogP contribution in [0.1, 0.15) is 11.1 Å². The Labute approximate surface area is 83.1 Å². The van der Waals surface area contributed by atoms with Crippen LogP contribution in [0.4, 0.5) is 0 Å². The Kier molecular flexibility index (Phi) is 4.14. The fraction of sp³-hybridized carbons (Fsp3) is 0.182. The highest BCUT2D eigenvalue weighted by atomic mass is 32.2. The highest BCUT2D eigenvalue weighted by Gasteiger charge is 1.98. The van der Waals surface area contributed by atoms with Crippen molar-refractivity contribution in [3.05, 3.63) is 48.0 Å². The van der Waals surface area contributed by atoms with Crippen LogP contribution in [-0.2, 0) is 5.75 Å². The van der Waals surface area contributed by atoms with Gasteiger partial charge in [0.1, 0.15) is 0 Å². The fourth-order valence-corrected chi connectivity index (χ4v) is 1.76. The number of hydrogen-bond acceptors (Lipinski definition) is 2. The van der Waals surface area contributed by atoms with Crippen LogP contribution in [0.3, 0.4) is 0 Å². The van der Waals surface area contributed by atoms with Gasteiger partial charge in [-0.1, -0.05) is 24.3 Å². The molecule has 0 heterocycles. The molecule has 0 spiro atoms. The molecule has 0 amide bonds. The molecule has 0 unspecified atom stereocenters. The van der Waals surface area contributed by atoms with Crippen molar-refractivity contribution in [3.63, 3.8) is 0 Å². The van der Waals surface area contributed by atoms with Gasteiger partial charge in [-0.05, 0) is 11.6 Å². The number of thioether (sulfide) groups is 1. The Balaban J connectivity index is 2.65. The predicted octanol–water partition coefficient (Wildman–Crippen LogP) is 2.98. The molecule has 0 fully saturated rings. The molecule has 1 aromatic rings. The van der Waals surface area contributed by atoms with E-state index in [0.717, 1.165) is 22.6 Å². The topological polar surface area (TPSA) is 23.8 Å². The van der Waals surface area contributed by atoms with Gasteiger partial charge in [0.15, 0.2) is 0 Å². The van der Waals surface area contributed by atoms with Gasteiger partial charge in [-0.2, -0.15) is 17.0 Å². The van der Waals surface area contributed by atoms with Gasteiger partial charge in [0, 0.05) is 11.5 Å². The van der Waals surface area contributed by atoms with E-state index in [0.29, 0.717) is 0 Å². The molecule has 0 aromatic heterocycles. The zero-order valence-electron chi connectivity index (χ0n) is 7.36. The van der Waals surface area contributed by atoms with E-state index >= 15 is 0 Å². The summed E-state index contributed by atoms with van der Waals surface area (Å²) in [7, 11) is 0. The van der Waals surface area contributed by atoms with E-state index in [9.17, 15) is 0 Å². The molecule has 66 valence electrons. The third-order valence-electron chi connectivity index (χ3n) is 1.63. The average molecular weight is 189 g/mol. The molecular weight excluding hydrogens is 178 g/mol. The van der Waals surface area contributed by atoms with Crippen molar-refractivity contribution in [2.75, 3.05) is 5.75 Å². The quantitative estimate of drug-likeness (QED) is 0.537. The summed E-state index contributed by atoms with van der Waals surface area (Å²) < 4.78 is 0. The number of nitriles is 1. The second-order valence-corrected chi connectivity index (χ2v) is 3.60. The highest BCUT2D eigenvalue weighted by Crippen LogP contribution is 2.15. The first-order chi connectivity index (χ1) is 6.38. The minimum Gasteiger partial charge on any atom is -0.192 e. The first kappa shape index (κ1) is 9.88. The highest BCUT2D eigenvalue weighted by molar-refractivity contribution is 7.98. The summed E-state index contributed by atoms with van der Waals surface area (Å²) in [5.74, 6) is 1.81. The molecule has 0 saturated carbocycles. The lowest BCUT2D eigenvalue weighted by molar-refractivity contribution is 1.36. The summed E-state index contributed by atoms with van der Waals surface area (Å²) in [4.78, 5) is 0. The number of hydrogen-bond donors (Lipinski definition) is 0. The Bertz CT molecular complexity index is 325. The molecule has 0 saturated heterocycles. The van der Waals surface area contributed by atoms with Crippen LogP contribution >= 0.6 is 11.8 Å². The Morgan fingerprint density at radius 1 is 1.46 bits per heavy atom. The van der Waals surface area contributed by atoms with E-state index in [1.54, 1.807) is 11.8 Å². The number of benzene rings is 1. The summed E-state index contributed by atoms with van der Waals surface area (Å²) in [5, 5.41) is 8.80. The van der Waals surface area contributed by atoms with E-state index in [4.69, 9.17) is 5.26 Å². The van der Waals surface area contributed by atoms with E-state index in [1.165, 1.54) is 0 Å². The second-order valence-electron chi connectivity index (χ2n) is 2.57. The van der Waals surface area contributed by atoms with Crippen molar-refractivity contribution in [3.8, 4) is 6.07 Å². The third-order valence-corrected chi connectivity index (χ3v) is 2.62. The minimum absolute atomic E-state index is 0.777. The first-order valence-electron chi connectivity index (χ1n) is 4.05. The van der Waals surface area contributed by atoms with Crippen LogP contribution in [0.15, 0.2) is 36.9 Å².